The van der Waals surface area contributed by atoms with E-state index in [0.717, 1.165) is 4.90 Å². The molecule has 1 aliphatic rings. The first kappa shape index (κ1) is 11.6. The summed E-state index contributed by atoms with van der Waals surface area (Å²) < 4.78 is 25.8. The average Bonchev–Trinajstić information content (AvgIpc) is 2.62. The Morgan fingerprint density at radius 2 is 2.00 bits per heavy atom. The van der Waals surface area contributed by atoms with E-state index in [1.54, 1.807) is 24.3 Å². The lowest BCUT2D eigenvalue weighted by molar-refractivity contribution is 0.0159. The van der Waals surface area contributed by atoms with Crippen molar-refractivity contribution >= 4 is 17.4 Å². The smallest absolute Gasteiger partial charge is 0.322 e. The van der Waals surface area contributed by atoms with Crippen LogP contribution in [-0.2, 0) is 0 Å². The Kier molecular flexibility index (Phi) is 2.87. The number of urea groups is 1. The third-order valence-corrected chi connectivity index (χ3v) is 2.62. The minimum Gasteiger partial charge on any atom is -0.399 e. The number of carbonyl (C=O) groups excluding carboxylic acids is 1. The van der Waals surface area contributed by atoms with E-state index in [4.69, 9.17) is 5.73 Å². The Morgan fingerprint density at radius 1 is 1.35 bits per heavy atom. The minimum atomic E-state index is -2.77. The van der Waals surface area contributed by atoms with Crippen LogP contribution >= 0.6 is 0 Å². The number of benzene rings is 1. The Labute approximate surface area is 97.4 Å². The van der Waals surface area contributed by atoms with Crippen molar-refractivity contribution in [2.45, 2.75) is 12.3 Å². The average molecular weight is 241 g/mol. The van der Waals surface area contributed by atoms with Gasteiger partial charge in [-0.3, -0.25) is 0 Å². The molecule has 6 heteroatoms. The number of carbonyl (C=O) groups is 1. The monoisotopic (exact) mass is 241 g/mol. The number of nitrogen functional groups attached to an aromatic ring is 1. The number of nitrogens with one attached hydrogen (secondary N) is 1. The molecule has 1 saturated heterocycles. The zero-order valence-corrected chi connectivity index (χ0v) is 9.12. The standard InChI is InChI=1S/C11H13F2N3O/c12-11(13)5-6-16(7-11)10(17)15-9-3-1-8(14)2-4-9/h1-4H,5-7,14H2,(H,15,17). The summed E-state index contributed by atoms with van der Waals surface area (Å²) in [5, 5.41) is 2.55. The van der Waals surface area contributed by atoms with Gasteiger partial charge in [0, 0.05) is 24.3 Å². The maximum atomic E-state index is 12.9. The predicted molar refractivity (Wildman–Crippen MR) is 61.0 cm³/mol. The fourth-order valence-corrected chi connectivity index (χ4v) is 1.68. The zero-order valence-electron chi connectivity index (χ0n) is 9.12. The van der Waals surface area contributed by atoms with Crippen molar-refractivity contribution in [2.75, 3.05) is 24.1 Å². The topological polar surface area (TPSA) is 58.4 Å². The van der Waals surface area contributed by atoms with Gasteiger partial charge in [0.25, 0.3) is 5.92 Å². The molecule has 1 aromatic rings. The highest BCUT2D eigenvalue weighted by Crippen LogP contribution is 2.27. The highest BCUT2D eigenvalue weighted by molar-refractivity contribution is 5.89. The second-order valence-corrected chi connectivity index (χ2v) is 4.08. The number of amides is 2. The number of hydrogen-bond donors (Lipinski definition) is 2. The van der Waals surface area contributed by atoms with Gasteiger partial charge in [-0.25, -0.2) is 13.6 Å². The van der Waals surface area contributed by atoms with E-state index >= 15 is 0 Å². The summed E-state index contributed by atoms with van der Waals surface area (Å²) in [7, 11) is 0. The molecule has 3 N–H and O–H groups in total. The summed E-state index contributed by atoms with van der Waals surface area (Å²) in [5.74, 6) is -2.77. The lowest BCUT2D eigenvalue weighted by atomic mass is 10.3. The van der Waals surface area contributed by atoms with Crippen molar-refractivity contribution in [3.8, 4) is 0 Å². The van der Waals surface area contributed by atoms with Crippen LogP contribution in [0, 0.1) is 0 Å². The van der Waals surface area contributed by atoms with Gasteiger partial charge in [-0.05, 0) is 24.3 Å². The van der Waals surface area contributed by atoms with Crippen LogP contribution in [0.1, 0.15) is 6.42 Å². The van der Waals surface area contributed by atoms with E-state index in [1.165, 1.54) is 0 Å². The van der Waals surface area contributed by atoms with Gasteiger partial charge in [-0.2, -0.15) is 0 Å². The van der Waals surface area contributed by atoms with Crippen LogP contribution in [-0.4, -0.2) is 29.9 Å². The first-order chi connectivity index (χ1) is 7.96. The third kappa shape index (κ3) is 2.83. The van der Waals surface area contributed by atoms with Crippen LogP contribution < -0.4 is 11.1 Å². The van der Waals surface area contributed by atoms with Crippen molar-refractivity contribution < 1.29 is 13.6 Å². The lowest BCUT2D eigenvalue weighted by Crippen LogP contribution is -2.34. The predicted octanol–water partition coefficient (Wildman–Crippen LogP) is 2.14. The molecular weight excluding hydrogens is 228 g/mol. The van der Waals surface area contributed by atoms with E-state index in [1.807, 2.05) is 0 Å². The van der Waals surface area contributed by atoms with Crippen molar-refractivity contribution in [2.24, 2.45) is 0 Å². The molecule has 1 fully saturated rings. The molecule has 0 saturated carbocycles. The molecule has 0 spiro atoms. The molecule has 1 aromatic carbocycles. The molecule has 0 bridgehead atoms. The Balaban J connectivity index is 1.96. The number of halogens is 2. The number of alkyl halides is 2. The van der Waals surface area contributed by atoms with Gasteiger partial charge >= 0.3 is 6.03 Å². The van der Waals surface area contributed by atoms with Gasteiger partial charge in [-0.15, -0.1) is 0 Å². The summed E-state index contributed by atoms with van der Waals surface area (Å²) in [6.07, 6.45) is -0.276. The molecule has 92 valence electrons. The van der Waals surface area contributed by atoms with Gasteiger partial charge in [0.2, 0.25) is 0 Å². The van der Waals surface area contributed by atoms with Gasteiger partial charge in [0.15, 0.2) is 0 Å². The van der Waals surface area contributed by atoms with Crippen LogP contribution in [0.25, 0.3) is 0 Å². The number of anilines is 2. The fourth-order valence-electron chi connectivity index (χ4n) is 1.68. The van der Waals surface area contributed by atoms with Crippen LogP contribution in [0.15, 0.2) is 24.3 Å². The maximum Gasteiger partial charge on any atom is 0.322 e. The van der Waals surface area contributed by atoms with Gasteiger partial charge in [0.05, 0.1) is 6.54 Å². The second-order valence-electron chi connectivity index (χ2n) is 4.08. The lowest BCUT2D eigenvalue weighted by Gasteiger charge is -2.16. The van der Waals surface area contributed by atoms with Crippen LogP contribution in [0.2, 0.25) is 0 Å². The highest BCUT2D eigenvalue weighted by atomic mass is 19.3. The van der Waals surface area contributed by atoms with Crippen LogP contribution in [0.3, 0.4) is 0 Å². The van der Waals surface area contributed by atoms with Crippen molar-refractivity contribution in [3.05, 3.63) is 24.3 Å². The van der Waals surface area contributed by atoms with E-state index in [9.17, 15) is 13.6 Å². The summed E-state index contributed by atoms with van der Waals surface area (Å²) in [6, 6.07) is 6.01. The van der Waals surface area contributed by atoms with E-state index in [2.05, 4.69) is 5.32 Å². The summed E-state index contributed by atoms with van der Waals surface area (Å²) >= 11 is 0. The first-order valence-corrected chi connectivity index (χ1v) is 5.26. The van der Waals surface area contributed by atoms with Gasteiger partial charge in [0.1, 0.15) is 0 Å². The molecule has 2 amide bonds. The molecule has 17 heavy (non-hydrogen) atoms. The fraction of sp³-hybridized carbons (Fsp3) is 0.364. The normalized spacial score (nSPS) is 18.1. The van der Waals surface area contributed by atoms with Crippen molar-refractivity contribution in [1.82, 2.24) is 4.90 Å². The second kappa shape index (κ2) is 4.20. The molecule has 2 rings (SSSR count). The SMILES string of the molecule is Nc1ccc(NC(=O)N2CCC(F)(F)C2)cc1. The molecule has 4 nitrogen and oxygen atoms in total. The maximum absolute atomic E-state index is 12.9. The Bertz CT molecular complexity index is 419. The molecule has 0 unspecified atom stereocenters. The van der Waals surface area contributed by atoms with Crippen molar-refractivity contribution in [3.63, 3.8) is 0 Å². The van der Waals surface area contributed by atoms with E-state index in [-0.39, 0.29) is 13.0 Å². The molecule has 0 radical (unpaired) electrons. The molecule has 0 aliphatic carbocycles. The number of rotatable bonds is 1. The molecule has 1 aliphatic heterocycles. The van der Waals surface area contributed by atoms with Gasteiger partial charge in [-0.1, -0.05) is 0 Å². The highest BCUT2D eigenvalue weighted by Gasteiger charge is 2.40. The van der Waals surface area contributed by atoms with Crippen molar-refractivity contribution in [1.29, 1.82) is 0 Å². The number of nitrogens with zero attached hydrogens (tertiary/aromatic N) is 1. The first-order valence-electron chi connectivity index (χ1n) is 5.26. The molecular formula is C11H13F2N3O. The third-order valence-electron chi connectivity index (χ3n) is 2.62. The summed E-state index contributed by atoms with van der Waals surface area (Å²) in [5.41, 5.74) is 6.61. The Hall–Kier alpha value is -1.85. The zero-order chi connectivity index (χ0) is 12.5. The van der Waals surface area contributed by atoms with E-state index in [0.29, 0.717) is 11.4 Å². The molecule has 0 aromatic heterocycles. The van der Waals surface area contributed by atoms with Crippen LogP contribution in [0.5, 0.6) is 0 Å². The summed E-state index contributed by atoms with van der Waals surface area (Å²) in [6.45, 7) is -0.443. The minimum absolute atomic E-state index is 0.0772. The summed E-state index contributed by atoms with van der Waals surface area (Å²) in [4.78, 5) is 12.7. The number of nitrogens with two attached hydrogens (primary N) is 1. The quantitative estimate of drug-likeness (QED) is 0.740. The molecule has 1 heterocycles. The van der Waals surface area contributed by atoms with Crippen LogP contribution in [0.4, 0.5) is 25.0 Å². The van der Waals surface area contributed by atoms with Gasteiger partial charge < -0.3 is 16.0 Å². The van der Waals surface area contributed by atoms with E-state index < -0.39 is 18.5 Å². The number of hydrogen-bond acceptors (Lipinski definition) is 2. The number of likely N-dealkylation sites (tertiary alicyclic amines) is 1. The molecule has 0 atom stereocenters. The largest absolute Gasteiger partial charge is 0.399 e. The Morgan fingerprint density at radius 3 is 2.53 bits per heavy atom.